The van der Waals surface area contributed by atoms with Crippen LogP contribution in [0.4, 0.5) is 0 Å². The molecule has 0 unspecified atom stereocenters. The summed E-state index contributed by atoms with van der Waals surface area (Å²) in [5.74, 6) is 0.597. The summed E-state index contributed by atoms with van der Waals surface area (Å²) in [7, 11) is 0. The maximum absolute atomic E-state index is 5.75. The van der Waals surface area contributed by atoms with Crippen molar-refractivity contribution >= 4 is 5.96 Å². The van der Waals surface area contributed by atoms with Crippen molar-refractivity contribution in [3.63, 3.8) is 0 Å². The quantitative estimate of drug-likeness (QED) is 0.534. The molecule has 0 aromatic rings. The van der Waals surface area contributed by atoms with E-state index in [2.05, 4.69) is 31.1 Å². The van der Waals surface area contributed by atoms with Gasteiger partial charge in [0.1, 0.15) is 0 Å². The summed E-state index contributed by atoms with van der Waals surface area (Å²) in [6.07, 6.45) is 5.23. The molecule has 3 nitrogen and oxygen atoms in total. The fraction of sp³-hybridized carbons (Fsp3) is 0.909. The first-order chi connectivity index (χ1) is 6.58. The number of hydrogen-bond donors (Lipinski definition) is 2. The Balaban J connectivity index is 2.36. The molecule has 0 atom stereocenters. The Bertz CT molecular complexity index is 199. The molecule has 0 amide bonds. The first-order valence-corrected chi connectivity index (χ1v) is 5.64. The topological polar surface area (TPSA) is 50.4 Å². The lowest BCUT2D eigenvalue weighted by Gasteiger charge is -2.40. The van der Waals surface area contributed by atoms with E-state index in [9.17, 15) is 0 Å². The number of aliphatic imine (C=N–C) groups is 1. The third-order valence-electron chi connectivity index (χ3n) is 3.19. The molecule has 0 bridgehead atoms. The normalized spacial score (nSPS) is 20.7. The number of guanidine groups is 1. The molecular weight excluding hydrogens is 174 g/mol. The zero-order valence-corrected chi connectivity index (χ0v) is 9.64. The minimum atomic E-state index is 0.373. The standard InChI is InChI=1S/C11H23N3/c1-4-11(6-5-7-11)8-13-10(12)14-9(2)3/h9H,4-8H2,1-3H3,(H3,12,13,14). The molecular formula is C11H23N3. The van der Waals surface area contributed by atoms with Gasteiger partial charge in [-0.2, -0.15) is 0 Å². The number of rotatable bonds is 4. The van der Waals surface area contributed by atoms with Gasteiger partial charge in [-0.05, 0) is 38.5 Å². The highest BCUT2D eigenvalue weighted by Gasteiger charge is 2.34. The molecule has 0 radical (unpaired) electrons. The summed E-state index contributed by atoms with van der Waals surface area (Å²) in [5.41, 5.74) is 6.23. The number of nitrogens with zero attached hydrogens (tertiary/aromatic N) is 1. The molecule has 1 rings (SSSR count). The molecule has 0 saturated heterocycles. The van der Waals surface area contributed by atoms with Crippen LogP contribution in [-0.2, 0) is 0 Å². The average molecular weight is 197 g/mol. The summed E-state index contributed by atoms with van der Waals surface area (Å²) in [4.78, 5) is 4.41. The fourth-order valence-corrected chi connectivity index (χ4v) is 1.89. The van der Waals surface area contributed by atoms with Crippen molar-refractivity contribution in [2.45, 2.75) is 52.5 Å². The van der Waals surface area contributed by atoms with Gasteiger partial charge in [-0.25, -0.2) is 0 Å². The molecule has 1 saturated carbocycles. The van der Waals surface area contributed by atoms with E-state index < -0.39 is 0 Å². The highest BCUT2D eigenvalue weighted by molar-refractivity contribution is 5.78. The maximum Gasteiger partial charge on any atom is 0.188 e. The molecule has 3 heteroatoms. The molecule has 0 heterocycles. The Labute approximate surface area is 87.2 Å². The van der Waals surface area contributed by atoms with Crippen LogP contribution in [0.1, 0.15) is 46.5 Å². The minimum absolute atomic E-state index is 0.373. The van der Waals surface area contributed by atoms with Crippen molar-refractivity contribution in [3.05, 3.63) is 0 Å². The van der Waals surface area contributed by atoms with Gasteiger partial charge in [0.2, 0.25) is 0 Å². The van der Waals surface area contributed by atoms with E-state index in [0.717, 1.165) is 6.54 Å². The smallest absolute Gasteiger partial charge is 0.188 e. The maximum atomic E-state index is 5.75. The summed E-state index contributed by atoms with van der Waals surface area (Å²) in [6.45, 7) is 7.29. The lowest BCUT2D eigenvalue weighted by atomic mass is 9.67. The predicted octanol–water partition coefficient (Wildman–Crippen LogP) is 1.88. The highest BCUT2D eigenvalue weighted by atomic mass is 15.1. The van der Waals surface area contributed by atoms with Gasteiger partial charge in [0.15, 0.2) is 5.96 Å². The first-order valence-electron chi connectivity index (χ1n) is 5.64. The van der Waals surface area contributed by atoms with E-state index in [1.807, 2.05) is 0 Å². The van der Waals surface area contributed by atoms with E-state index in [1.54, 1.807) is 0 Å². The van der Waals surface area contributed by atoms with Crippen LogP contribution in [0.3, 0.4) is 0 Å². The average Bonchev–Trinajstić information content (AvgIpc) is 2.01. The van der Waals surface area contributed by atoms with Crippen LogP contribution in [0, 0.1) is 5.41 Å². The molecule has 14 heavy (non-hydrogen) atoms. The van der Waals surface area contributed by atoms with Crippen molar-refractivity contribution in [1.82, 2.24) is 5.32 Å². The van der Waals surface area contributed by atoms with Gasteiger partial charge in [-0.15, -0.1) is 0 Å². The Morgan fingerprint density at radius 3 is 2.50 bits per heavy atom. The molecule has 3 N–H and O–H groups in total. The summed E-state index contributed by atoms with van der Waals surface area (Å²) in [6, 6.07) is 0.373. The SMILES string of the molecule is CCC1(CN=C(N)NC(C)C)CCC1. The van der Waals surface area contributed by atoms with Crippen LogP contribution in [0.5, 0.6) is 0 Å². The molecule has 1 aliphatic carbocycles. The van der Waals surface area contributed by atoms with Gasteiger partial charge in [0.05, 0.1) is 0 Å². The van der Waals surface area contributed by atoms with Crippen LogP contribution in [-0.4, -0.2) is 18.5 Å². The van der Waals surface area contributed by atoms with E-state index in [1.165, 1.54) is 25.7 Å². The number of nitrogens with one attached hydrogen (secondary N) is 1. The Morgan fingerprint density at radius 2 is 2.14 bits per heavy atom. The van der Waals surface area contributed by atoms with Crippen LogP contribution in [0.15, 0.2) is 4.99 Å². The third-order valence-corrected chi connectivity index (χ3v) is 3.19. The zero-order valence-electron chi connectivity index (χ0n) is 9.64. The summed E-state index contributed by atoms with van der Waals surface area (Å²) < 4.78 is 0. The van der Waals surface area contributed by atoms with Crippen LogP contribution < -0.4 is 11.1 Å². The van der Waals surface area contributed by atoms with E-state index in [0.29, 0.717) is 17.4 Å². The second-order valence-electron chi connectivity index (χ2n) is 4.71. The predicted molar refractivity (Wildman–Crippen MR) is 61.3 cm³/mol. The van der Waals surface area contributed by atoms with Crippen LogP contribution in [0.2, 0.25) is 0 Å². The Hall–Kier alpha value is -0.730. The fourth-order valence-electron chi connectivity index (χ4n) is 1.89. The van der Waals surface area contributed by atoms with E-state index in [4.69, 9.17) is 5.73 Å². The number of nitrogens with two attached hydrogens (primary N) is 1. The van der Waals surface area contributed by atoms with Crippen molar-refractivity contribution in [2.24, 2.45) is 16.1 Å². The minimum Gasteiger partial charge on any atom is -0.370 e. The van der Waals surface area contributed by atoms with Crippen molar-refractivity contribution < 1.29 is 0 Å². The van der Waals surface area contributed by atoms with E-state index in [-0.39, 0.29) is 0 Å². The summed E-state index contributed by atoms with van der Waals surface area (Å²) in [5, 5.41) is 3.12. The monoisotopic (exact) mass is 197 g/mol. The van der Waals surface area contributed by atoms with Crippen LogP contribution in [0.25, 0.3) is 0 Å². The van der Waals surface area contributed by atoms with Gasteiger partial charge in [-0.3, -0.25) is 4.99 Å². The highest BCUT2D eigenvalue weighted by Crippen LogP contribution is 2.43. The van der Waals surface area contributed by atoms with Gasteiger partial charge < -0.3 is 11.1 Å². The lowest BCUT2D eigenvalue weighted by Crippen LogP contribution is -2.39. The van der Waals surface area contributed by atoms with Crippen molar-refractivity contribution in [3.8, 4) is 0 Å². The molecule has 1 aliphatic rings. The second-order valence-corrected chi connectivity index (χ2v) is 4.71. The van der Waals surface area contributed by atoms with E-state index >= 15 is 0 Å². The van der Waals surface area contributed by atoms with Gasteiger partial charge >= 0.3 is 0 Å². The molecule has 0 aliphatic heterocycles. The van der Waals surface area contributed by atoms with Crippen LogP contribution >= 0.6 is 0 Å². The first kappa shape index (κ1) is 11.3. The molecule has 0 aromatic heterocycles. The molecule has 1 fully saturated rings. The van der Waals surface area contributed by atoms with Gasteiger partial charge in [0.25, 0.3) is 0 Å². The molecule has 82 valence electrons. The lowest BCUT2D eigenvalue weighted by molar-refractivity contribution is 0.139. The zero-order chi connectivity index (χ0) is 10.6. The van der Waals surface area contributed by atoms with Crippen molar-refractivity contribution in [1.29, 1.82) is 0 Å². The third kappa shape index (κ3) is 2.89. The van der Waals surface area contributed by atoms with Gasteiger partial charge in [0, 0.05) is 12.6 Å². The number of hydrogen-bond acceptors (Lipinski definition) is 1. The van der Waals surface area contributed by atoms with Gasteiger partial charge in [-0.1, -0.05) is 13.3 Å². The largest absolute Gasteiger partial charge is 0.370 e. The Morgan fingerprint density at radius 1 is 1.50 bits per heavy atom. The molecule has 0 aromatic carbocycles. The van der Waals surface area contributed by atoms with Crippen molar-refractivity contribution in [2.75, 3.05) is 6.54 Å². The Kier molecular flexibility index (Phi) is 3.78. The second kappa shape index (κ2) is 4.67. The summed E-state index contributed by atoms with van der Waals surface area (Å²) >= 11 is 0. The molecule has 0 spiro atoms.